The van der Waals surface area contributed by atoms with Gasteiger partial charge in [-0.05, 0) is 62.3 Å². The molecular weight excluding hydrogens is 362 g/mol. The molecule has 1 aromatic carbocycles. The number of carbonyl (C=O) groups is 2. The average Bonchev–Trinajstić information content (AvgIpc) is 3.03. The molecule has 0 saturated carbocycles. The molecule has 1 atom stereocenters. The second kappa shape index (κ2) is 9.40. The summed E-state index contributed by atoms with van der Waals surface area (Å²) < 4.78 is 0. The highest BCUT2D eigenvalue weighted by molar-refractivity contribution is 6.02. The normalized spacial score (nSPS) is 17.3. The number of piperidine rings is 1. The van der Waals surface area contributed by atoms with Gasteiger partial charge in [-0.2, -0.15) is 0 Å². The molecular formula is C24H33N3O2. The van der Waals surface area contributed by atoms with Gasteiger partial charge in [0.15, 0.2) is 5.78 Å². The molecule has 2 aromatic rings. The van der Waals surface area contributed by atoms with E-state index in [1.54, 1.807) is 6.92 Å². The maximum absolute atomic E-state index is 12.9. The van der Waals surface area contributed by atoms with E-state index in [-0.39, 0.29) is 11.7 Å². The number of aromatic amines is 1. The van der Waals surface area contributed by atoms with Gasteiger partial charge < -0.3 is 10.3 Å². The van der Waals surface area contributed by atoms with Crippen molar-refractivity contribution in [2.24, 2.45) is 5.92 Å². The first-order valence-electron chi connectivity index (χ1n) is 10.7. The Bertz CT molecular complexity index is 884. The molecule has 0 aliphatic carbocycles. The molecule has 1 unspecified atom stereocenters. The predicted octanol–water partition coefficient (Wildman–Crippen LogP) is 4.25. The summed E-state index contributed by atoms with van der Waals surface area (Å²) in [6, 6.07) is 8.33. The number of hydrogen-bond donors (Lipinski definition) is 2. The van der Waals surface area contributed by atoms with Crippen LogP contribution < -0.4 is 5.32 Å². The number of hydrogen-bond acceptors (Lipinski definition) is 3. The second-order valence-corrected chi connectivity index (χ2v) is 8.32. The first-order valence-corrected chi connectivity index (χ1v) is 10.7. The van der Waals surface area contributed by atoms with E-state index in [0.29, 0.717) is 24.2 Å². The van der Waals surface area contributed by atoms with Crippen molar-refractivity contribution in [3.8, 4) is 0 Å². The molecule has 3 rings (SSSR count). The Morgan fingerprint density at radius 1 is 1.24 bits per heavy atom. The van der Waals surface area contributed by atoms with Gasteiger partial charge in [0, 0.05) is 30.9 Å². The number of aromatic nitrogens is 1. The number of benzene rings is 1. The third-order valence-electron chi connectivity index (χ3n) is 5.92. The third kappa shape index (κ3) is 4.96. The summed E-state index contributed by atoms with van der Waals surface area (Å²) in [4.78, 5) is 30.5. The minimum absolute atomic E-state index is 0.00393. The monoisotopic (exact) mass is 395 g/mol. The summed E-state index contributed by atoms with van der Waals surface area (Å²) in [7, 11) is 0. The van der Waals surface area contributed by atoms with Gasteiger partial charge in [0.2, 0.25) is 0 Å². The molecule has 5 heteroatoms. The van der Waals surface area contributed by atoms with E-state index in [1.165, 1.54) is 18.4 Å². The number of rotatable bonds is 7. The summed E-state index contributed by atoms with van der Waals surface area (Å²) >= 11 is 0. The molecule has 2 heterocycles. The molecule has 5 nitrogen and oxygen atoms in total. The number of likely N-dealkylation sites (tertiary alicyclic amines) is 1. The van der Waals surface area contributed by atoms with Crippen molar-refractivity contribution in [1.82, 2.24) is 15.2 Å². The maximum Gasteiger partial charge on any atom is 0.268 e. The number of amides is 1. The summed E-state index contributed by atoms with van der Waals surface area (Å²) in [6.45, 7) is 11.4. The van der Waals surface area contributed by atoms with E-state index in [1.807, 2.05) is 19.9 Å². The fourth-order valence-electron chi connectivity index (χ4n) is 4.52. The van der Waals surface area contributed by atoms with Gasteiger partial charge in [0.1, 0.15) is 5.69 Å². The van der Waals surface area contributed by atoms with Crippen LogP contribution in [0.2, 0.25) is 0 Å². The lowest BCUT2D eigenvalue weighted by Crippen LogP contribution is -2.34. The first-order chi connectivity index (χ1) is 13.9. The molecule has 1 aromatic heterocycles. The Hall–Kier alpha value is -2.40. The van der Waals surface area contributed by atoms with Crippen LogP contribution in [0.4, 0.5) is 0 Å². The second-order valence-electron chi connectivity index (χ2n) is 8.32. The topological polar surface area (TPSA) is 65.2 Å². The minimum Gasteiger partial charge on any atom is -0.354 e. The number of H-pyrrole nitrogens is 1. The zero-order valence-corrected chi connectivity index (χ0v) is 18.1. The highest BCUT2D eigenvalue weighted by Crippen LogP contribution is 2.22. The number of nitrogens with one attached hydrogen (secondary N) is 2. The first kappa shape index (κ1) is 21.3. The number of nitrogens with zero attached hydrogens (tertiary/aromatic N) is 1. The van der Waals surface area contributed by atoms with Crippen molar-refractivity contribution >= 4 is 11.7 Å². The standard InChI is InChI=1S/C24H33N3O2/c1-5-21-22(18(4)28)17(3)26-23(21)24(29)25-13-19-10-6-7-11-20(19)15-27-12-8-9-16(2)14-27/h6-7,10-11,16,26H,5,8-9,12-15H2,1-4H3,(H,25,29). The van der Waals surface area contributed by atoms with Crippen LogP contribution in [0.1, 0.15) is 76.8 Å². The smallest absolute Gasteiger partial charge is 0.268 e. The quantitative estimate of drug-likeness (QED) is 0.689. The van der Waals surface area contributed by atoms with Gasteiger partial charge in [-0.15, -0.1) is 0 Å². The summed E-state index contributed by atoms with van der Waals surface area (Å²) in [5.74, 6) is 0.587. The largest absolute Gasteiger partial charge is 0.354 e. The molecule has 1 aliphatic rings. The van der Waals surface area contributed by atoms with Crippen molar-refractivity contribution in [2.45, 2.75) is 60.0 Å². The van der Waals surface area contributed by atoms with Crippen LogP contribution in [0.15, 0.2) is 24.3 Å². The Morgan fingerprint density at radius 3 is 2.62 bits per heavy atom. The Labute approximate surface area is 173 Å². The lowest BCUT2D eigenvalue weighted by molar-refractivity contribution is 0.0945. The van der Waals surface area contributed by atoms with Crippen LogP contribution in [0.25, 0.3) is 0 Å². The maximum atomic E-state index is 12.9. The minimum atomic E-state index is -0.154. The number of Topliss-reactive ketones (excluding diaryl/α,β-unsaturated/α-hetero) is 1. The molecule has 29 heavy (non-hydrogen) atoms. The van der Waals surface area contributed by atoms with Crippen molar-refractivity contribution < 1.29 is 9.59 Å². The van der Waals surface area contributed by atoms with Gasteiger partial charge >= 0.3 is 0 Å². The van der Waals surface area contributed by atoms with Crippen molar-refractivity contribution in [3.05, 3.63) is 57.9 Å². The zero-order valence-electron chi connectivity index (χ0n) is 18.1. The SMILES string of the molecule is CCc1c(C(=O)NCc2ccccc2CN2CCCC(C)C2)[nH]c(C)c1C(C)=O. The number of ketones is 1. The lowest BCUT2D eigenvalue weighted by Gasteiger charge is -2.31. The predicted molar refractivity (Wildman–Crippen MR) is 116 cm³/mol. The fourth-order valence-corrected chi connectivity index (χ4v) is 4.52. The van der Waals surface area contributed by atoms with Crippen LogP contribution >= 0.6 is 0 Å². The van der Waals surface area contributed by atoms with E-state index < -0.39 is 0 Å². The highest BCUT2D eigenvalue weighted by atomic mass is 16.2. The molecule has 0 radical (unpaired) electrons. The van der Waals surface area contributed by atoms with E-state index in [9.17, 15) is 9.59 Å². The lowest BCUT2D eigenvalue weighted by atomic mass is 9.99. The molecule has 2 N–H and O–H groups in total. The van der Waals surface area contributed by atoms with Gasteiger partial charge in [0.25, 0.3) is 5.91 Å². The third-order valence-corrected chi connectivity index (χ3v) is 5.92. The van der Waals surface area contributed by atoms with Crippen LogP contribution in [0, 0.1) is 12.8 Å². The van der Waals surface area contributed by atoms with Crippen LogP contribution in [0.3, 0.4) is 0 Å². The number of carbonyl (C=O) groups excluding carboxylic acids is 2. The molecule has 1 aliphatic heterocycles. The van der Waals surface area contributed by atoms with Crippen LogP contribution in [-0.2, 0) is 19.5 Å². The summed E-state index contributed by atoms with van der Waals surface area (Å²) in [5, 5.41) is 3.06. The highest BCUT2D eigenvalue weighted by Gasteiger charge is 2.22. The van der Waals surface area contributed by atoms with E-state index >= 15 is 0 Å². The molecule has 0 spiro atoms. The Kier molecular flexibility index (Phi) is 6.91. The van der Waals surface area contributed by atoms with Crippen molar-refractivity contribution in [1.29, 1.82) is 0 Å². The van der Waals surface area contributed by atoms with Crippen molar-refractivity contribution in [2.75, 3.05) is 13.1 Å². The van der Waals surface area contributed by atoms with E-state index in [2.05, 4.69) is 40.3 Å². The Morgan fingerprint density at radius 2 is 1.97 bits per heavy atom. The summed E-state index contributed by atoms with van der Waals surface area (Å²) in [5.41, 5.74) is 5.15. The zero-order chi connectivity index (χ0) is 21.0. The van der Waals surface area contributed by atoms with E-state index in [0.717, 1.165) is 42.4 Å². The van der Waals surface area contributed by atoms with Crippen molar-refractivity contribution in [3.63, 3.8) is 0 Å². The van der Waals surface area contributed by atoms with Gasteiger partial charge in [0.05, 0.1) is 0 Å². The van der Waals surface area contributed by atoms with Gasteiger partial charge in [-0.1, -0.05) is 38.1 Å². The molecule has 0 bridgehead atoms. The molecule has 1 saturated heterocycles. The van der Waals surface area contributed by atoms with Crippen LogP contribution in [-0.4, -0.2) is 34.7 Å². The molecule has 156 valence electrons. The summed E-state index contributed by atoms with van der Waals surface area (Å²) in [6.07, 6.45) is 3.21. The molecule has 1 fully saturated rings. The van der Waals surface area contributed by atoms with Gasteiger partial charge in [-0.25, -0.2) is 0 Å². The Balaban J connectivity index is 1.71. The van der Waals surface area contributed by atoms with Gasteiger partial charge in [-0.3, -0.25) is 14.5 Å². The molecule has 1 amide bonds. The number of aryl methyl sites for hydroxylation is 1. The van der Waals surface area contributed by atoms with E-state index in [4.69, 9.17) is 0 Å². The average molecular weight is 396 g/mol. The van der Waals surface area contributed by atoms with Crippen LogP contribution in [0.5, 0.6) is 0 Å². The fraction of sp³-hybridized carbons (Fsp3) is 0.500.